The van der Waals surface area contributed by atoms with E-state index in [0.717, 1.165) is 34.7 Å². The average molecular weight is 727 g/mol. The standard InChI is InChI=1S/C30H28ClFN10O5S2/c1-47-38-21(20-24(31)49-30(34)37-20)26(43)36-22-27(44)42-23(29(45)46)16(13-48-28(22)42)12-40-7-6-19-39(8-9-41(19)40)11-15-3-2-14(10-18(15)32)25(33)35-17-4-5-17/h2-3,6-10,17,22,28H,4-5,11-13H2,1H3,(H5-,33,34,35,36,37,43,45,46)/b38-21-/t22-,28-/m1/s1. The number of carboxylic acids is 1. The van der Waals surface area contributed by atoms with Gasteiger partial charge < -0.3 is 35.7 Å². The van der Waals surface area contributed by atoms with Crippen LogP contribution in [-0.2, 0) is 32.3 Å². The number of thiazole rings is 1. The maximum atomic E-state index is 15.1. The third-order valence-electron chi connectivity index (χ3n) is 8.30. The van der Waals surface area contributed by atoms with Crippen LogP contribution in [-0.4, -0.2) is 78.6 Å². The summed E-state index contributed by atoms with van der Waals surface area (Å²) in [6, 6.07) is 5.81. The second kappa shape index (κ2) is 12.8. The van der Waals surface area contributed by atoms with Crippen LogP contribution in [0.25, 0.3) is 5.65 Å². The van der Waals surface area contributed by atoms with Gasteiger partial charge in [0.25, 0.3) is 11.8 Å². The Labute approximate surface area is 290 Å². The fraction of sp³-hybridized carbons (Fsp3) is 0.300. The molecule has 3 aliphatic rings. The van der Waals surface area contributed by atoms with Gasteiger partial charge in [-0.2, -0.15) is 0 Å². The zero-order chi connectivity index (χ0) is 34.6. The number of nitrogen functional groups attached to an aromatic ring is 1. The first-order valence-corrected chi connectivity index (χ1v) is 17.2. The molecule has 0 bridgehead atoms. The van der Waals surface area contributed by atoms with Gasteiger partial charge in [-0.1, -0.05) is 40.2 Å². The minimum absolute atomic E-state index is 0.00783. The second-order valence-electron chi connectivity index (χ2n) is 11.5. The maximum Gasteiger partial charge on any atom is 0.276 e. The van der Waals surface area contributed by atoms with E-state index in [4.69, 9.17) is 27.6 Å². The van der Waals surface area contributed by atoms with Crippen LogP contribution in [0.15, 0.2) is 59.3 Å². The lowest BCUT2D eigenvalue weighted by Crippen LogP contribution is -2.71. The smallest absolute Gasteiger partial charge is 0.276 e. The Morgan fingerprint density at radius 2 is 2.08 bits per heavy atom. The van der Waals surface area contributed by atoms with Crippen molar-refractivity contribution in [2.45, 2.75) is 43.4 Å². The van der Waals surface area contributed by atoms with E-state index in [-0.39, 0.29) is 51.2 Å². The first-order chi connectivity index (χ1) is 23.5. The van der Waals surface area contributed by atoms with Crippen molar-refractivity contribution in [1.82, 2.24) is 29.6 Å². The van der Waals surface area contributed by atoms with Crippen LogP contribution in [0, 0.1) is 11.2 Å². The number of thioether (sulfide) groups is 1. The van der Waals surface area contributed by atoms with Gasteiger partial charge in [0.2, 0.25) is 0 Å². The predicted octanol–water partition coefficient (Wildman–Crippen LogP) is 0.440. The Morgan fingerprint density at radius 1 is 1.29 bits per heavy atom. The van der Waals surface area contributed by atoms with E-state index >= 15 is 4.39 Å². The number of nitrogens with one attached hydrogen (secondary N) is 3. The van der Waals surface area contributed by atoms with Crippen LogP contribution in [0.3, 0.4) is 0 Å². The number of benzene rings is 1. The van der Waals surface area contributed by atoms with E-state index in [0.29, 0.717) is 22.7 Å². The fourth-order valence-electron chi connectivity index (χ4n) is 5.78. The Balaban J connectivity index is 1.06. The van der Waals surface area contributed by atoms with Crippen LogP contribution >= 0.6 is 34.7 Å². The lowest BCUT2D eigenvalue weighted by molar-refractivity contribution is -0.753. The molecule has 0 spiro atoms. The number of carbonyl (C=O) groups is 3. The minimum atomic E-state index is -1.52. The molecule has 2 aliphatic heterocycles. The number of hydrogen-bond acceptors (Lipinski definition) is 11. The summed E-state index contributed by atoms with van der Waals surface area (Å²) in [5, 5.41) is 29.3. The number of fused-ring (bicyclic) bond motifs is 2. The number of nitrogens with two attached hydrogens (primary N) is 1. The number of carboxylic acid groups (broad SMARTS) is 1. The van der Waals surface area contributed by atoms with Gasteiger partial charge in [-0.15, -0.1) is 21.0 Å². The third kappa shape index (κ3) is 6.10. The van der Waals surface area contributed by atoms with Crippen molar-refractivity contribution in [3.8, 4) is 0 Å². The van der Waals surface area contributed by atoms with Gasteiger partial charge in [0.1, 0.15) is 40.2 Å². The van der Waals surface area contributed by atoms with Gasteiger partial charge in [-0.25, -0.2) is 9.37 Å². The van der Waals surface area contributed by atoms with Crippen molar-refractivity contribution in [1.29, 1.82) is 5.41 Å². The molecule has 1 saturated carbocycles. The first kappa shape index (κ1) is 32.6. The molecule has 1 aliphatic carbocycles. The number of anilines is 1. The highest BCUT2D eigenvalue weighted by Crippen LogP contribution is 2.40. The highest BCUT2D eigenvalue weighted by Gasteiger charge is 2.53. The maximum absolute atomic E-state index is 15.1. The number of nitrogens with zero attached hydrogens (tertiary/aromatic N) is 6. The van der Waals surface area contributed by atoms with Crippen molar-refractivity contribution in [2.75, 3.05) is 18.6 Å². The van der Waals surface area contributed by atoms with Crippen LogP contribution in [0.1, 0.15) is 29.7 Å². The molecular weight excluding hydrogens is 699 g/mol. The molecule has 0 radical (unpaired) electrons. The summed E-state index contributed by atoms with van der Waals surface area (Å²) >= 11 is 8.39. The van der Waals surface area contributed by atoms with E-state index in [2.05, 4.69) is 20.8 Å². The van der Waals surface area contributed by atoms with Gasteiger partial charge in [0, 0.05) is 34.7 Å². The van der Waals surface area contributed by atoms with E-state index in [1.807, 2.05) is 10.6 Å². The highest BCUT2D eigenvalue weighted by molar-refractivity contribution is 8.00. The summed E-state index contributed by atoms with van der Waals surface area (Å²) in [7, 11) is 1.23. The van der Waals surface area contributed by atoms with Crippen molar-refractivity contribution < 1.29 is 33.4 Å². The first-order valence-electron chi connectivity index (χ1n) is 15.0. The van der Waals surface area contributed by atoms with Crippen LogP contribution in [0.2, 0.25) is 4.34 Å². The number of oxime groups is 1. The van der Waals surface area contributed by atoms with E-state index in [9.17, 15) is 19.5 Å². The summed E-state index contributed by atoms with van der Waals surface area (Å²) < 4.78 is 20.6. The Bertz CT molecular complexity index is 2100. The quantitative estimate of drug-likeness (QED) is 0.0557. The topological polar surface area (TPSA) is 199 Å². The van der Waals surface area contributed by atoms with E-state index in [1.54, 1.807) is 39.9 Å². The van der Waals surface area contributed by atoms with Gasteiger partial charge in [0.05, 0.1) is 30.5 Å². The molecule has 15 nitrogen and oxygen atoms in total. The molecule has 49 heavy (non-hydrogen) atoms. The molecule has 2 atom stereocenters. The molecule has 19 heteroatoms. The molecule has 2 fully saturated rings. The van der Waals surface area contributed by atoms with E-state index in [1.165, 1.54) is 24.9 Å². The summed E-state index contributed by atoms with van der Waals surface area (Å²) in [6.45, 7) is 0.352. The molecule has 7 rings (SSSR count). The number of amidine groups is 1. The molecule has 254 valence electrons. The molecule has 1 aromatic carbocycles. The summed E-state index contributed by atoms with van der Waals surface area (Å²) in [5.41, 5.74) is 7.24. The summed E-state index contributed by atoms with van der Waals surface area (Å²) in [5.74, 6) is -2.93. The second-order valence-corrected chi connectivity index (χ2v) is 14.3. The lowest BCUT2D eigenvalue weighted by Gasteiger charge is -2.50. The number of aliphatic carboxylic acids is 1. The summed E-state index contributed by atoms with van der Waals surface area (Å²) in [6.07, 6.45) is 7.35. The molecule has 1 saturated heterocycles. The van der Waals surface area contributed by atoms with Gasteiger partial charge in [-0.05, 0) is 18.9 Å². The molecule has 2 amide bonds. The number of halogens is 2. The van der Waals surface area contributed by atoms with Crippen LogP contribution in [0.4, 0.5) is 9.52 Å². The molecule has 3 aromatic heterocycles. The van der Waals surface area contributed by atoms with Crippen LogP contribution in [0.5, 0.6) is 0 Å². The van der Waals surface area contributed by atoms with Crippen molar-refractivity contribution in [3.63, 3.8) is 0 Å². The molecule has 5 heterocycles. The molecule has 4 aromatic rings. The monoisotopic (exact) mass is 726 g/mol. The number of β-lactam (4-membered cyclic amide) rings is 1. The van der Waals surface area contributed by atoms with Gasteiger partial charge in [0.15, 0.2) is 29.2 Å². The fourth-order valence-corrected chi connectivity index (χ4v) is 8.04. The number of imidazole rings is 1. The normalized spacial score (nSPS) is 19.1. The Kier molecular flexibility index (Phi) is 8.53. The SMILES string of the molecule is CO/N=C(\C(=O)N[C@@H]1C(=O)N2C(C(=O)[O-])=C(C[n+]3ccc4n(Cc5ccc(C(=N)NC6CC6)cc5F)ccn43)CS[C@H]12)c1nc(N)sc1Cl. The zero-order valence-electron chi connectivity index (χ0n) is 25.7. The number of carbonyl (C=O) groups excluding carboxylic acids is 3. The highest BCUT2D eigenvalue weighted by atomic mass is 35.5. The molecule has 0 unspecified atom stereocenters. The minimum Gasteiger partial charge on any atom is -0.543 e. The van der Waals surface area contributed by atoms with Crippen molar-refractivity contribution >= 4 is 74.8 Å². The number of rotatable bonds is 11. The Hall–Kier alpha value is -4.94. The number of hydrogen-bond donors (Lipinski definition) is 4. The lowest BCUT2D eigenvalue weighted by atomic mass is 10.0. The average Bonchev–Trinajstić information content (AvgIpc) is 3.50. The number of amides is 2. The third-order valence-corrected chi connectivity index (χ3v) is 10.7. The Morgan fingerprint density at radius 3 is 2.76 bits per heavy atom. The van der Waals surface area contributed by atoms with Crippen LogP contribution < -0.4 is 26.2 Å². The van der Waals surface area contributed by atoms with Crippen molar-refractivity contribution in [3.05, 3.63) is 81.1 Å². The predicted molar refractivity (Wildman–Crippen MR) is 176 cm³/mol. The number of aromatic nitrogens is 4. The van der Waals surface area contributed by atoms with Gasteiger partial charge >= 0.3 is 0 Å². The molecular formula is C30H28ClFN10O5S2. The largest absolute Gasteiger partial charge is 0.543 e. The zero-order valence-corrected chi connectivity index (χ0v) is 28.1. The van der Waals surface area contributed by atoms with Crippen molar-refractivity contribution in [2.24, 2.45) is 5.16 Å². The van der Waals surface area contributed by atoms with E-state index < -0.39 is 35.0 Å². The molecule has 5 N–H and O–H groups in total. The summed E-state index contributed by atoms with van der Waals surface area (Å²) in [4.78, 5) is 48.7. The van der Waals surface area contributed by atoms with Gasteiger partial charge in [-0.3, -0.25) is 19.9 Å².